The Morgan fingerprint density at radius 1 is 0.974 bits per heavy atom. The van der Waals surface area contributed by atoms with Crippen molar-refractivity contribution >= 4 is 27.5 Å². The number of methoxy groups -OCH3 is 1. The van der Waals surface area contributed by atoms with Gasteiger partial charge < -0.3 is 19.7 Å². The van der Waals surface area contributed by atoms with Crippen molar-refractivity contribution in [3.8, 4) is 11.5 Å². The van der Waals surface area contributed by atoms with Gasteiger partial charge in [0.15, 0.2) is 0 Å². The zero-order valence-electron chi connectivity index (χ0n) is 24.0. The monoisotopic (exact) mass is 561 g/mol. The lowest BCUT2D eigenvalue weighted by molar-refractivity contribution is -0.141. The number of benzene rings is 2. The van der Waals surface area contributed by atoms with Gasteiger partial charge in [-0.25, -0.2) is 8.42 Å². The van der Waals surface area contributed by atoms with Crippen molar-refractivity contribution in [2.75, 3.05) is 37.4 Å². The van der Waals surface area contributed by atoms with Crippen molar-refractivity contribution in [1.82, 2.24) is 10.2 Å². The molecule has 0 bridgehead atoms. The Labute approximate surface area is 233 Å². The summed E-state index contributed by atoms with van der Waals surface area (Å²) in [5, 5.41) is 2.95. The largest absolute Gasteiger partial charge is 0.497 e. The lowest BCUT2D eigenvalue weighted by atomic mass is 10.1. The summed E-state index contributed by atoms with van der Waals surface area (Å²) >= 11 is 0. The van der Waals surface area contributed by atoms with Crippen molar-refractivity contribution in [1.29, 1.82) is 0 Å². The predicted octanol–water partition coefficient (Wildman–Crippen LogP) is 4.22. The number of carbonyl (C=O) groups excluding carboxylic acids is 2. The summed E-state index contributed by atoms with van der Waals surface area (Å²) in [7, 11) is -1.99. The molecule has 0 radical (unpaired) electrons. The number of hydrogen-bond acceptors (Lipinski definition) is 6. The lowest BCUT2D eigenvalue weighted by Gasteiger charge is -2.31. The van der Waals surface area contributed by atoms with E-state index >= 15 is 0 Å². The summed E-state index contributed by atoms with van der Waals surface area (Å²) in [4.78, 5) is 28.2. The van der Waals surface area contributed by atoms with Crippen molar-refractivity contribution < 1.29 is 27.5 Å². The van der Waals surface area contributed by atoms with Gasteiger partial charge in [0.05, 0.1) is 25.7 Å². The van der Waals surface area contributed by atoms with Crippen LogP contribution in [0, 0.1) is 5.92 Å². The van der Waals surface area contributed by atoms with Gasteiger partial charge in [-0.05, 0) is 67.6 Å². The minimum Gasteiger partial charge on any atom is -0.497 e. The number of anilines is 1. The number of carbonyl (C=O) groups is 2. The predicted molar refractivity (Wildman–Crippen MR) is 155 cm³/mol. The van der Waals surface area contributed by atoms with E-state index in [-0.39, 0.29) is 37.2 Å². The molecule has 0 aliphatic rings. The molecule has 1 unspecified atom stereocenters. The van der Waals surface area contributed by atoms with Crippen LogP contribution in [0.15, 0.2) is 48.5 Å². The molecule has 0 aliphatic heterocycles. The van der Waals surface area contributed by atoms with E-state index < -0.39 is 16.1 Å². The normalized spacial score (nSPS) is 12.1. The first-order chi connectivity index (χ1) is 18.5. The molecule has 0 saturated heterocycles. The maximum atomic E-state index is 13.5. The van der Waals surface area contributed by atoms with Crippen LogP contribution in [-0.2, 0) is 26.2 Å². The van der Waals surface area contributed by atoms with Crippen LogP contribution >= 0.6 is 0 Å². The number of ether oxygens (including phenoxy) is 2. The maximum absolute atomic E-state index is 13.5. The highest BCUT2D eigenvalue weighted by Crippen LogP contribution is 2.23. The Hall–Kier alpha value is -3.27. The second kappa shape index (κ2) is 15.4. The molecular weight excluding hydrogens is 518 g/mol. The van der Waals surface area contributed by atoms with E-state index in [2.05, 4.69) is 5.32 Å². The van der Waals surface area contributed by atoms with E-state index in [0.29, 0.717) is 43.2 Å². The van der Waals surface area contributed by atoms with Crippen molar-refractivity contribution in [3.63, 3.8) is 0 Å². The minimum absolute atomic E-state index is 0.0904. The van der Waals surface area contributed by atoms with Crippen molar-refractivity contribution in [2.24, 2.45) is 5.92 Å². The van der Waals surface area contributed by atoms with E-state index in [1.54, 1.807) is 36.3 Å². The van der Waals surface area contributed by atoms with Crippen LogP contribution in [0.3, 0.4) is 0 Å². The summed E-state index contributed by atoms with van der Waals surface area (Å²) in [6.07, 6.45) is 1.98. The van der Waals surface area contributed by atoms with E-state index in [4.69, 9.17) is 9.47 Å². The van der Waals surface area contributed by atoms with Gasteiger partial charge in [-0.15, -0.1) is 0 Å². The molecule has 2 amide bonds. The topological polar surface area (TPSA) is 105 Å². The average Bonchev–Trinajstić information content (AvgIpc) is 2.90. The smallest absolute Gasteiger partial charge is 0.242 e. The summed E-state index contributed by atoms with van der Waals surface area (Å²) < 4.78 is 37.1. The van der Waals surface area contributed by atoms with Gasteiger partial charge in [-0.1, -0.05) is 32.9 Å². The van der Waals surface area contributed by atoms with Crippen LogP contribution in [0.25, 0.3) is 0 Å². The van der Waals surface area contributed by atoms with Crippen LogP contribution in [0.4, 0.5) is 5.69 Å². The van der Waals surface area contributed by atoms with Gasteiger partial charge in [-0.3, -0.25) is 13.9 Å². The zero-order valence-corrected chi connectivity index (χ0v) is 24.8. The lowest BCUT2D eigenvalue weighted by Crippen LogP contribution is -2.49. The Morgan fingerprint density at radius 2 is 1.59 bits per heavy atom. The Morgan fingerprint density at radius 3 is 2.10 bits per heavy atom. The Kier molecular flexibility index (Phi) is 12.6. The van der Waals surface area contributed by atoms with Gasteiger partial charge in [-0.2, -0.15) is 0 Å². The van der Waals surface area contributed by atoms with Gasteiger partial charge in [0, 0.05) is 26.1 Å². The quantitative estimate of drug-likeness (QED) is 0.329. The van der Waals surface area contributed by atoms with Crippen LogP contribution in [0.5, 0.6) is 11.5 Å². The molecule has 0 fully saturated rings. The third kappa shape index (κ3) is 10.1. The molecule has 1 N–H and O–H groups in total. The number of sulfonamides is 1. The highest BCUT2D eigenvalue weighted by molar-refractivity contribution is 7.92. The standard InChI is InChI=1S/C29H43N3O6S/c1-7-27(29(34)30-20-22(3)4)31(21-23-11-15-25(37-5)16-12-23)28(33)10-9-19-32(39(6,35)36)24-13-17-26(18-14-24)38-8-2/h11-18,22,27H,7-10,19-21H2,1-6H3,(H,30,34). The molecule has 0 spiro atoms. The second-order valence-corrected chi connectivity index (χ2v) is 11.7. The summed E-state index contributed by atoms with van der Waals surface area (Å²) in [6.45, 7) is 9.20. The average molecular weight is 562 g/mol. The molecule has 1 atom stereocenters. The minimum atomic E-state index is -3.57. The number of hydrogen-bond donors (Lipinski definition) is 1. The van der Waals surface area contributed by atoms with E-state index in [1.807, 2.05) is 52.0 Å². The molecule has 39 heavy (non-hydrogen) atoms. The molecule has 2 rings (SSSR count). The zero-order chi connectivity index (χ0) is 29.0. The molecule has 9 nitrogen and oxygen atoms in total. The van der Waals surface area contributed by atoms with Crippen molar-refractivity contribution in [3.05, 3.63) is 54.1 Å². The first-order valence-electron chi connectivity index (χ1n) is 13.4. The fraction of sp³-hybridized carbons (Fsp3) is 0.517. The second-order valence-electron chi connectivity index (χ2n) is 9.80. The van der Waals surface area contributed by atoms with E-state index in [1.165, 1.54) is 4.31 Å². The van der Waals surface area contributed by atoms with Crippen LogP contribution in [0.1, 0.15) is 52.5 Å². The number of nitrogens with one attached hydrogen (secondary N) is 1. The molecule has 2 aromatic carbocycles. The van der Waals surface area contributed by atoms with Gasteiger partial charge in [0.2, 0.25) is 21.8 Å². The van der Waals surface area contributed by atoms with Gasteiger partial charge in [0.1, 0.15) is 17.5 Å². The molecule has 10 heteroatoms. The number of nitrogens with zero attached hydrogens (tertiary/aromatic N) is 2. The highest BCUT2D eigenvalue weighted by atomic mass is 32.2. The molecule has 216 valence electrons. The third-order valence-corrected chi connectivity index (χ3v) is 7.36. The van der Waals surface area contributed by atoms with Gasteiger partial charge in [0.25, 0.3) is 0 Å². The summed E-state index contributed by atoms with van der Waals surface area (Å²) in [5.41, 5.74) is 1.37. The Bertz CT molecular complexity index is 1150. The molecule has 0 heterocycles. The Balaban J connectivity index is 2.20. The number of amides is 2. The fourth-order valence-electron chi connectivity index (χ4n) is 4.15. The molecular formula is C29H43N3O6S. The fourth-order valence-corrected chi connectivity index (χ4v) is 5.11. The summed E-state index contributed by atoms with van der Waals surface area (Å²) in [5.74, 6) is 1.23. The molecule has 0 aromatic heterocycles. The SMILES string of the molecule is CCOc1ccc(N(CCCC(=O)N(Cc2ccc(OC)cc2)C(CC)C(=O)NCC(C)C)S(C)(=O)=O)cc1. The van der Waals surface area contributed by atoms with Crippen LogP contribution in [-0.4, -0.2) is 64.2 Å². The number of rotatable bonds is 16. The molecule has 0 saturated carbocycles. The van der Waals surface area contributed by atoms with Crippen molar-refractivity contribution in [2.45, 2.75) is 59.5 Å². The first-order valence-corrected chi connectivity index (χ1v) is 15.3. The first kappa shape index (κ1) is 31.9. The summed E-state index contributed by atoms with van der Waals surface area (Å²) in [6, 6.07) is 13.6. The molecule has 0 aliphatic carbocycles. The maximum Gasteiger partial charge on any atom is 0.242 e. The van der Waals surface area contributed by atoms with E-state index in [9.17, 15) is 18.0 Å². The van der Waals surface area contributed by atoms with E-state index in [0.717, 1.165) is 11.8 Å². The third-order valence-electron chi connectivity index (χ3n) is 6.17. The molecule has 2 aromatic rings. The van der Waals surface area contributed by atoms with Crippen LogP contribution < -0.4 is 19.1 Å². The van der Waals surface area contributed by atoms with Crippen LogP contribution in [0.2, 0.25) is 0 Å². The van der Waals surface area contributed by atoms with Gasteiger partial charge >= 0.3 is 0 Å². The highest BCUT2D eigenvalue weighted by Gasteiger charge is 2.29.